The summed E-state index contributed by atoms with van der Waals surface area (Å²) in [5, 5.41) is 10.1. The second-order valence-electron chi connectivity index (χ2n) is 5.13. The van der Waals surface area contributed by atoms with E-state index in [1.165, 1.54) is 10.9 Å². The Morgan fingerprint density at radius 2 is 2.06 bits per heavy atom. The zero-order valence-electron chi connectivity index (χ0n) is 10.9. The molecule has 96 valence electrons. The van der Waals surface area contributed by atoms with Crippen molar-refractivity contribution in [2.75, 3.05) is 0 Å². The molecule has 0 spiro atoms. The second-order valence-corrected chi connectivity index (χ2v) is 5.13. The normalized spacial score (nSPS) is 11.3. The van der Waals surface area contributed by atoms with Gasteiger partial charge in [0.1, 0.15) is 6.54 Å². The number of nitrogens with zero attached hydrogens (tertiary/aromatic N) is 1. The molecule has 3 heteroatoms. The number of rotatable bonds is 5. The van der Waals surface area contributed by atoms with Crippen LogP contribution in [0.1, 0.15) is 25.8 Å². The lowest BCUT2D eigenvalue weighted by atomic mass is 10.0. The number of hydrogen-bond acceptors (Lipinski definition) is 1. The number of fused-ring (bicyclic) bond motifs is 1. The lowest BCUT2D eigenvalue weighted by Gasteiger charge is -2.02. The number of benzene rings is 1. The molecule has 0 amide bonds. The predicted molar refractivity (Wildman–Crippen MR) is 72.7 cm³/mol. The number of carbonyl (C=O) groups is 1. The van der Waals surface area contributed by atoms with Crippen molar-refractivity contribution in [3.8, 4) is 0 Å². The Balaban J connectivity index is 2.37. The molecule has 18 heavy (non-hydrogen) atoms. The molecule has 0 saturated carbocycles. The molecule has 0 aliphatic heterocycles. The fraction of sp³-hybridized carbons (Fsp3) is 0.400. The quantitative estimate of drug-likeness (QED) is 0.878. The maximum Gasteiger partial charge on any atom is 0.323 e. The van der Waals surface area contributed by atoms with Gasteiger partial charge in [-0.05, 0) is 30.4 Å². The van der Waals surface area contributed by atoms with E-state index in [2.05, 4.69) is 19.9 Å². The summed E-state index contributed by atoms with van der Waals surface area (Å²) in [6.07, 6.45) is 4.12. The van der Waals surface area contributed by atoms with Crippen LogP contribution in [0.2, 0.25) is 0 Å². The molecule has 2 aromatic rings. The van der Waals surface area contributed by atoms with Gasteiger partial charge in [0.15, 0.2) is 0 Å². The van der Waals surface area contributed by atoms with Crippen LogP contribution < -0.4 is 0 Å². The first kappa shape index (κ1) is 12.7. The van der Waals surface area contributed by atoms with Crippen molar-refractivity contribution in [1.29, 1.82) is 0 Å². The minimum absolute atomic E-state index is 0.0300. The molecule has 3 nitrogen and oxygen atoms in total. The third-order valence-corrected chi connectivity index (χ3v) is 3.17. The second kappa shape index (κ2) is 5.25. The summed E-state index contributed by atoms with van der Waals surface area (Å²) in [4.78, 5) is 10.9. The van der Waals surface area contributed by atoms with Crippen molar-refractivity contribution in [3.63, 3.8) is 0 Å². The molecule has 0 bridgehead atoms. The first-order valence-corrected chi connectivity index (χ1v) is 6.36. The van der Waals surface area contributed by atoms with E-state index in [1.54, 1.807) is 0 Å². The molecule has 0 aliphatic rings. The van der Waals surface area contributed by atoms with Gasteiger partial charge in [0, 0.05) is 17.1 Å². The van der Waals surface area contributed by atoms with E-state index in [4.69, 9.17) is 5.11 Å². The Kier molecular flexibility index (Phi) is 3.70. The number of aryl methyl sites for hydroxylation is 1. The minimum atomic E-state index is -0.800. The van der Waals surface area contributed by atoms with E-state index in [0.29, 0.717) is 5.92 Å². The van der Waals surface area contributed by atoms with E-state index in [0.717, 1.165) is 18.4 Å². The van der Waals surface area contributed by atoms with Gasteiger partial charge >= 0.3 is 5.97 Å². The average molecular weight is 245 g/mol. The number of hydrogen-bond donors (Lipinski definition) is 1. The fourth-order valence-corrected chi connectivity index (χ4v) is 2.24. The molecule has 0 atom stereocenters. The topological polar surface area (TPSA) is 42.2 Å². The van der Waals surface area contributed by atoms with Crippen LogP contribution in [0, 0.1) is 5.92 Å². The van der Waals surface area contributed by atoms with E-state index in [9.17, 15) is 4.79 Å². The van der Waals surface area contributed by atoms with Crippen molar-refractivity contribution in [2.45, 2.75) is 33.2 Å². The van der Waals surface area contributed by atoms with Gasteiger partial charge in [0.2, 0.25) is 0 Å². The highest BCUT2D eigenvalue weighted by Crippen LogP contribution is 2.23. The van der Waals surface area contributed by atoms with Crippen molar-refractivity contribution < 1.29 is 9.90 Å². The maximum atomic E-state index is 10.9. The monoisotopic (exact) mass is 245 g/mol. The van der Waals surface area contributed by atoms with Gasteiger partial charge in [-0.25, -0.2) is 0 Å². The number of para-hydroxylation sites is 1. The van der Waals surface area contributed by atoms with Crippen molar-refractivity contribution in [1.82, 2.24) is 4.57 Å². The summed E-state index contributed by atoms with van der Waals surface area (Å²) in [7, 11) is 0. The number of aliphatic carboxylic acids is 1. The Morgan fingerprint density at radius 1 is 1.33 bits per heavy atom. The molecule has 1 aromatic carbocycles. The third kappa shape index (κ3) is 2.73. The van der Waals surface area contributed by atoms with Gasteiger partial charge in [-0.2, -0.15) is 0 Å². The summed E-state index contributed by atoms with van der Waals surface area (Å²) < 4.78 is 1.83. The van der Waals surface area contributed by atoms with Gasteiger partial charge in [-0.3, -0.25) is 4.79 Å². The summed E-state index contributed by atoms with van der Waals surface area (Å²) >= 11 is 0. The molecule has 0 fully saturated rings. The minimum Gasteiger partial charge on any atom is -0.480 e. The Hall–Kier alpha value is -1.77. The molecule has 2 rings (SSSR count). The zero-order chi connectivity index (χ0) is 13.1. The smallest absolute Gasteiger partial charge is 0.323 e. The summed E-state index contributed by atoms with van der Waals surface area (Å²) in [6.45, 7) is 4.44. The van der Waals surface area contributed by atoms with Crippen molar-refractivity contribution >= 4 is 16.9 Å². The SMILES string of the molecule is CC(C)CCc1cn(CC(=O)O)c2ccccc12. The first-order valence-electron chi connectivity index (χ1n) is 6.36. The number of carboxylic acid groups (broad SMARTS) is 1. The molecule has 0 unspecified atom stereocenters. The summed E-state index contributed by atoms with van der Waals surface area (Å²) in [5.41, 5.74) is 2.26. The van der Waals surface area contributed by atoms with Crippen molar-refractivity contribution in [3.05, 3.63) is 36.0 Å². The fourth-order valence-electron chi connectivity index (χ4n) is 2.24. The standard InChI is InChI=1S/C15H19NO2/c1-11(2)7-8-12-9-16(10-15(17)18)14-6-4-3-5-13(12)14/h3-6,9,11H,7-8,10H2,1-2H3,(H,17,18). The van der Waals surface area contributed by atoms with Crippen LogP contribution >= 0.6 is 0 Å². The number of aromatic nitrogens is 1. The molecule has 1 aromatic heterocycles. The largest absolute Gasteiger partial charge is 0.480 e. The van der Waals surface area contributed by atoms with E-state index < -0.39 is 5.97 Å². The Labute approximate surface area is 107 Å². The highest BCUT2D eigenvalue weighted by molar-refractivity contribution is 5.85. The van der Waals surface area contributed by atoms with Crippen LogP contribution in [0.4, 0.5) is 0 Å². The van der Waals surface area contributed by atoms with Crippen LogP contribution in [-0.4, -0.2) is 15.6 Å². The van der Waals surface area contributed by atoms with Crippen molar-refractivity contribution in [2.24, 2.45) is 5.92 Å². The van der Waals surface area contributed by atoms with E-state index >= 15 is 0 Å². The van der Waals surface area contributed by atoms with E-state index in [-0.39, 0.29) is 6.54 Å². The lowest BCUT2D eigenvalue weighted by molar-refractivity contribution is -0.137. The van der Waals surface area contributed by atoms with Crippen LogP contribution in [0.15, 0.2) is 30.5 Å². The summed E-state index contributed by atoms with van der Waals surface area (Å²) in [5.74, 6) is -0.141. The van der Waals surface area contributed by atoms with Gasteiger partial charge in [-0.15, -0.1) is 0 Å². The first-order chi connectivity index (χ1) is 8.58. The zero-order valence-corrected chi connectivity index (χ0v) is 10.9. The predicted octanol–water partition coefficient (Wildman–Crippen LogP) is 3.31. The van der Waals surface area contributed by atoms with E-state index in [1.807, 2.05) is 29.0 Å². The molecule has 0 radical (unpaired) electrons. The van der Waals surface area contributed by atoms with Crippen LogP contribution in [0.5, 0.6) is 0 Å². The van der Waals surface area contributed by atoms with Crippen LogP contribution in [0.3, 0.4) is 0 Å². The van der Waals surface area contributed by atoms with Crippen LogP contribution in [0.25, 0.3) is 10.9 Å². The molecule has 1 heterocycles. The highest BCUT2D eigenvalue weighted by Gasteiger charge is 2.10. The Bertz CT molecular complexity index is 555. The third-order valence-electron chi connectivity index (χ3n) is 3.17. The molecule has 1 N–H and O–H groups in total. The molecule has 0 aliphatic carbocycles. The molecule has 0 saturated heterocycles. The molecular weight excluding hydrogens is 226 g/mol. The van der Waals surface area contributed by atoms with Gasteiger partial charge in [-0.1, -0.05) is 32.0 Å². The highest BCUT2D eigenvalue weighted by atomic mass is 16.4. The number of carboxylic acids is 1. The lowest BCUT2D eigenvalue weighted by Crippen LogP contribution is -2.07. The average Bonchev–Trinajstić information content (AvgIpc) is 2.65. The maximum absolute atomic E-state index is 10.9. The van der Waals surface area contributed by atoms with Crippen LogP contribution in [-0.2, 0) is 17.8 Å². The Morgan fingerprint density at radius 3 is 2.72 bits per heavy atom. The molecular formula is C15H19NO2. The van der Waals surface area contributed by atoms with Gasteiger partial charge in [0.25, 0.3) is 0 Å². The summed E-state index contributed by atoms with van der Waals surface area (Å²) in [6, 6.07) is 8.01. The van der Waals surface area contributed by atoms with Gasteiger partial charge < -0.3 is 9.67 Å². The van der Waals surface area contributed by atoms with Gasteiger partial charge in [0.05, 0.1) is 0 Å².